The van der Waals surface area contributed by atoms with E-state index in [-0.39, 0.29) is 23.0 Å². The number of aliphatic hydroxyl groups excluding tert-OH is 2. The van der Waals surface area contributed by atoms with Crippen molar-refractivity contribution < 1.29 is 15.0 Å². The Morgan fingerprint density at radius 1 is 1.00 bits per heavy atom. The number of Topliss-reactive ketones (excluding diaryl/α,β-unsaturated/α-hetero) is 1. The van der Waals surface area contributed by atoms with Gasteiger partial charge >= 0.3 is 0 Å². The summed E-state index contributed by atoms with van der Waals surface area (Å²) in [5, 5.41) is 20.9. The number of carbonyl (C=O) groups is 1. The van der Waals surface area contributed by atoms with Crippen LogP contribution >= 0.6 is 0 Å². The van der Waals surface area contributed by atoms with E-state index in [1.54, 1.807) is 0 Å². The van der Waals surface area contributed by atoms with E-state index in [9.17, 15) is 15.0 Å². The molecule has 8 atom stereocenters. The molecule has 0 amide bonds. The van der Waals surface area contributed by atoms with Crippen molar-refractivity contribution in [3.63, 3.8) is 0 Å². The van der Waals surface area contributed by atoms with Gasteiger partial charge in [0.15, 0.2) is 0 Å². The van der Waals surface area contributed by atoms with Crippen molar-refractivity contribution in [1.82, 2.24) is 0 Å². The molecule has 0 heterocycles. The standard InChI is InChI=1S/C19H30O3/c1-18-7-5-12(20)9-11(18)10-15(21)17-13-3-4-16(22)19(13,2)8-6-14(17)18/h11-15,17,20-21H,3-10H2,1-2H3/t11-,12+,13?,14?,15-,17?,18?,19?/m1/s1. The molecule has 0 aromatic heterocycles. The minimum atomic E-state index is -0.274. The van der Waals surface area contributed by atoms with Gasteiger partial charge in [-0.3, -0.25) is 4.79 Å². The molecule has 124 valence electrons. The van der Waals surface area contributed by atoms with Crippen LogP contribution < -0.4 is 0 Å². The van der Waals surface area contributed by atoms with E-state index in [4.69, 9.17) is 0 Å². The molecular weight excluding hydrogens is 276 g/mol. The van der Waals surface area contributed by atoms with Crippen LogP contribution in [0.25, 0.3) is 0 Å². The van der Waals surface area contributed by atoms with Gasteiger partial charge in [-0.15, -0.1) is 0 Å². The number of hydrogen-bond acceptors (Lipinski definition) is 3. The van der Waals surface area contributed by atoms with Crippen LogP contribution in [0.15, 0.2) is 0 Å². The molecule has 4 fully saturated rings. The minimum absolute atomic E-state index is 0.167. The Kier molecular flexibility index (Phi) is 3.30. The molecule has 5 unspecified atom stereocenters. The largest absolute Gasteiger partial charge is 0.393 e. The first-order chi connectivity index (χ1) is 10.4. The molecule has 22 heavy (non-hydrogen) atoms. The van der Waals surface area contributed by atoms with Gasteiger partial charge in [0.2, 0.25) is 0 Å². The summed E-state index contributed by atoms with van der Waals surface area (Å²) in [5.41, 5.74) is 0.0929. The molecule has 4 aliphatic rings. The first kappa shape index (κ1) is 15.1. The van der Waals surface area contributed by atoms with E-state index < -0.39 is 0 Å². The summed E-state index contributed by atoms with van der Waals surface area (Å²) in [6.45, 7) is 4.57. The molecule has 0 spiro atoms. The number of aliphatic hydroxyl groups is 2. The fraction of sp³-hybridized carbons (Fsp3) is 0.947. The zero-order chi connectivity index (χ0) is 15.7. The summed E-state index contributed by atoms with van der Waals surface area (Å²) >= 11 is 0. The summed E-state index contributed by atoms with van der Waals surface area (Å²) in [4.78, 5) is 12.4. The molecule has 0 aromatic carbocycles. The molecule has 4 saturated carbocycles. The Balaban J connectivity index is 1.69. The van der Waals surface area contributed by atoms with Crippen LogP contribution in [0.2, 0.25) is 0 Å². The maximum absolute atomic E-state index is 12.4. The van der Waals surface area contributed by atoms with Crippen molar-refractivity contribution in [1.29, 1.82) is 0 Å². The van der Waals surface area contributed by atoms with Crippen LogP contribution in [-0.2, 0) is 4.79 Å². The SMILES string of the molecule is CC12CCC3C(C1CCC2=O)[C@H](O)C[C@H]1C[C@@H](O)CCC31C. The number of hydrogen-bond donors (Lipinski definition) is 2. The lowest BCUT2D eigenvalue weighted by Crippen LogP contribution is -2.58. The fourth-order valence-electron chi connectivity index (χ4n) is 6.97. The van der Waals surface area contributed by atoms with Gasteiger partial charge in [0, 0.05) is 11.8 Å². The molecule has 0 radical (unpaired) electrons. The highest BCUT2D eigenvalue weighted by atomic mass is 16.3. The normalized spacial score (nSPS) is 57.9. The lowest BCUT2D eigenvalue weighted by atomic mass is 9.44. The van der Waals surface area contributed by atoms with Crippen LogP contribution in [-0.4, -0.2) is 28.2 Å². The summed E-state index contributed by atoms with van der Waals surface area (Å²) in [6.07, 6.45) is 7.03. The molecule has 0 saturated heterocycles. The summed E-state index contributed by atoms with van der Waals surface area (Å²) < 4.78 is 0. The Labute approximate surface area is 133 Å². The molecular formula is C19H30O3. The maximum Gasteiger partial charge on any atom is 0.139 e. The van der Waals surface area contributed by atoms with E-state index in [1.165, 1.54) is 0 Å². The van der Waals surface area contributed by atoms with Crippen molar-refractivity contribution >= 4 is 5.78 Å². The Hall–Kier alpha value is -0.410. The monoisotopic (exact) mass is 306 g/mol. The summed E-state index contributed by atoms with van der Waals surface area (Å²) in [7, 11) is 0. The van der Waals surface area contributed by atoms with Crippen LogP contribution in [0.4, 0.5) is 0 Å². The van der Waals surface area contributed by atoms with Gasteiger partial charge < -0.3 is 10.2 Å². The predicted molar refractivity (Wildman–Crippen MR) is 84.1 cm³/mol. The molecule has 2 N–H and O–H groups in total. The molecule has 0 aromatic rings. The smallest absolute Gasteiger partial charge is 0.139 e. The van der Waals surface area contributed by atoms with Crippen molar-refractivity contribution in [2.24, 2.45) is 34.5 Å². The third-order valence-corrected chi connectivity index (χ3v) is 8.36. The van der Waals surface area contributed by atoms with Gasteiger partial charge in [-0.1, -0.05) is 13.8 Å². The van der Waals surface area contributed by atoms with E-state index in [0.29, 0.717) is 29.5 Å². The number of rotatable bonds is 0. The lowest BCUT2D eigenvalue weighted by Gasteiger charge is -2.61. The van der Waals surface area contributed by atoms with Crippen LogP contribution in [0.1, 0.15) is 65.2 Å². The highest BCUT2D eigenvalue weighted by molar-refractivity contribution is 5.87. The number of ketones is 1. The Morgan fingerprint density at radius 3 is 2.55 bits per heavy atom. The molecule has 3 nitrogen and oxygen atoms in total. The first-order valence-electron chi connectivity index (χ1n) is 9.25. The van der Waals surface area contributed by atoms with E-state index in [2.05, 4.69) is 13.8 Å². The van der Waals surface area contributed by atoms with E-state index in [0.717, 1.165) is 51.4 Å². The second-order valence-electron chi connectivity index (χ2n) is 9.14. The Morgan fingerprint density at radius 2 is 1.77 bits per heavy atom. The molecule has 0 bridgehead atoms. The van der Waals surface area contributed by atoms with Crippen LogP contribution in [0.5, 0.6) is 0 Å². The van der Waals surface area contributed by atoms with Gasteiger partial charge in [-0.2, -0.15) is 0 Å². The van der Waals surface area contributed by atoms with Crippen molar-refractivity contribution in [2.45, 2.75) is 77.4 Å². The topological polar surface area (TPSA) is 57.5 Å². The first-order valence-corrected chi connectivity index (χ1v) is 9.25. The zero-order valence-electron chi connectivity index (χ0n) is 13.9. The molecule has 4 rings (SSSR count). The number of carbonyl (C=O) groups excluding carboxylic acids is 1. The van der Waals surface area contributed by atoms with Crippen molar-refractivity contribution in [3.8, 4) is 0 Å². The second kappa shape index (κ2) is 4.80. The summed E-state index contributed by atoms with van der Waals surface area (Å²) in [5.74, 6) is 2.13. The van der Waals surface area contributed by atoms with Crippen LogP contribution in [0.3, 0.4) is 0 Å². The average Bonchev–Trinajstić information content (AvgIpc) is 2.77. The molecule has 0 aliphatic heterocycles. The van der Waals surface area contributed by atoms with E-state index in [1.807, 2.05) is 0 Å². The van der Waals surface area contributed by atoms with Crippen LogP contribution in [0, 0.1) is 34.5 Å². The third-order valence-electron chi connectivity index (χ3n) is 8.36. The third kappa shape index (κ3) is 1.84. The van der Waals surface area contributed by atoms with Gasteiger partial charge in [-0.05, 0) is 74.0 Å². The van der Waals surface area contributed by atoms with Crippen molar-refractivity contribution in [2.75, 3.05) is 0 Å². The second-order valence-corrected chi connectivity index (χ2v) is 9.14. The van der Waals surface area contributed by atoms with Gasteiger partial charge in [0.25, 0.3) is 0 Å². The fourth-order valence-corrected chi connectivity index (χ4v) is 6.97. The quantitative estimate of drug-likeness (QED) is 0.723. The van der Waals surface area contributed by atoms with Gasteiger partial charge in [0.1, 0.15) is 5.78 Å². The van der Waals surface area contributed by atoms with Crippen molar-refractivity contribution in [3.05, 3.63) is 0 Å². The molecule has 4 aliphatic carbocycles. The zero-order valence-corrected chi connectivity index (χ0v) is 13.9. The average molecular weight is 306 g/mol. The highest BCUT2D eigenvalue weighted by Crippen LogP contribution is 2.65. The van der Waals surface area contributed by atoms with Gasteiger partial charge in [-0.25, -0.2) is 0 Å². The maximum atomic E-state index is 12.4. The summed E-state index contributed by atoms with van der Waals surface area (Å²) in [6, 6.07) is 0. The molecule has 3 heteroatoms. The van der Waals surface area contributed by atoms with Gasteiger partial charge in [0.05, 0.1) is 12.2 Å². The number of fused-ring (bicyclic) bond motifs is 5. The highest BCUT2D eigenvalue weighted by Gasteiger charge is 2.62. The van der Waals surface area contributed by atoms with E-state index >= 15 is 0 Å². The lowest BCUT2D eigenvalue weighted by molar-refractivity contribution is -0.171. The minimum Gasteiger partial charge on any atom is -0.393 e. The predicted octanol–water partition coefficient (Wildman–Crippen LogP) is 2.93. The Bertz CT molecular complexity index is 489.